The highest BCUT2D eigenvalue weighted by Gasteiger charge is 2.51. The van der Waals surface area contributed by atoms with Crippen molar-refractivity contribution in [1.82, 2.24) is 19.1 Å². The number of phosphoric ester groups is 1. The number of carbonyl (C=O) groups excluding carboxylic acids is 2. The number of aromatic nitrogens is 4. The van der Waals surface area contributed by atoms with Gasteiger partial charge in [-0.1, -0.05) is 25.1 Å². The van der Waals surface area contributed by atoms with Crippen LogP contribution in [0.2, 0.25) is 0 Å². The van der Waals surface area contributed by atoms with Crippen LogP contribution in [-0.4, -0.2) is 81.9 Å². The summed E-state index contributed by atoms with van der Waals surface area (Å²) in [6.45, 7) is 0.448. The third kappa shape index (κ3) is 30.4. The molecule has 3 aromatic carbocycles. The Morgan fingerprint density at radius 3 is 1.47 bits per heavy atom. The molecule has 23 nitrogen and oxygen atoms in total. The number of nitrogens with zero attached hydrogens (tertiary/aromatic N) is 3. The minimum absolute atomic E-state index is 0.0156. The van der Waals surface area contributed by atoms with E-state index in [0.29, 0.717) is 16.9 Å². The summed E-state index contributed by atoms with van der Waals surface area (Å²) in [6.07, 6.45) is 8.07. The van der Waals surface area contributed by atoms with Crippen molar-refractivity contribution in [1.29, 1.82) is 5.26 Å². The van der Waals surface area contributed by atoms with E-state index < -0.39 is 111 Å². The van der Waals surface area contributed by atoms with Crippen molar-refractivity contribution in [2.45, 2.75) is 95.2 Å². The van der Waals surface area contributed by atoms with E-state index >= 15 is 0 Å². The lowest BCUT2D eigenvalue weighted by Crippen LogP contribution is -2.39. The van der Waals surface area contributed by atoms with Gasteiger partial charge in [0.2, 0.25) is 0 Å². The number of ether oxygens (including phenoxy) is 8. The molecular weight excluding hydrogens is 1460 g/mol. The Hall–Kier alpha value is -16.6. The first-order chi connectivity index (χ1) is 55.2. The van der Waals surface area contributed by atoms with E-state index in [1.165, 1.54) is 25.6 Å². The van der Waals surface area contributed by atoms with Crippen LogP contribution in [0.3, 0.4) is 0 Å². The molecule has 3 unspecified atom stereocenters. The maximum atomic E-state index is 14.6. The Labute approximate surface area is 649 Å². The van der Waals surface area contributed by atoms with Gasteiger partial charge in [0.25, 0.3) is 11.1 Å². The quantitative estimate of drug-likeness (QED) is 0.0399. The smallest absolute Gasteiger partial charge is 0.475 e. The van der Waals surface area contributed by atoms with Gasteiger partial charge in [-0.25, -0.2) is 14.2 Å². The molecule has 2 aliphatic rings. The normalized spacial score (nSPS) is 15.0. The van der Waals surface area contributed by atoms with Crippen molar-refractivity contribution in [2.75, 3.05) is 20.3 Å². The molecule has 0 spiro atoms. The molecule has 2 aromatic heterocycles. The van der Waals surface area contributed by atoms with Gasteiger partial charge < -0.3 is 37.9 Å². The predicted molar refractivity (Wildman–Crippen MR) is 409 cm³/mol. The maximum Gasteiger partial charge on any atom is 0.475 e. The molecule has 113 heavy (non-hydrogen) atoms. The van der Waals surface area contributed by atoms with Gasteiger partial charge in [-0.3, -0.25) is 51.9 Å². The Morgan fingerprint density at radius 2 is 0.991 bits per heavy atom. The first kappa shape index (κ1) is 83.7. The number of nitriles is 1. The fraction of sp³-hybridized carbons (Fsp3) is 0.202. The number of esters is 2. The van der Waals surface area contributed by atoms with Crippen molar-refractivity contribution < 1.29 is 65.6 Å². The number of aromatic amines is 2. The lowest BCUT2D eigenvalue weighted by molar-refractivity contribution is -0.157. The van der Waals surface area contributed by atoms with Gasteiger partial charge in [-0.15, -0.1) is 12.8 Å². The molecule has 5 aromatic rings. The van der Waals surface area contributed by atoms with E-state index in [2.05, 4.69) is 259 Å². The van der Waals surface area contributed by atoms with Crippen molar-refractivity contribution in [3.63, 3.8) is 0 Å². The molecule has 2 fully saturated rings. The van der Waals surface area contributed by atoms with Crippen LogP contribution in [0.4, 0.5) is 0 Å². The second-order valence-electron chi connectivity index (χ2n) is 21.2. The van der Waals surface area contributed by atoms with E-state index in [1.54, 1.807) is 43.3 Å². The van der Waals surface area contributed by atoms with Crippen molar-refractivity contribution in [3.05, 3.63) is 132 Å². The molecule has 0 saturated carbocycles. The predicted octanol–water partition coefficient (Wildman–Crippen LogP) is 4.31. The zero-order chi connectivity index (χ0) is 80.4. The monoisotopic (exact) mass is 1510 g/mol. The van der Waals surface area contributed by atoms with Crippen LogP contribution in [0.1, 0.15) is 62.6 Å². The summed E-state index contributed by atoms with van der Waals surface area (Å²) in [7, 11) is -3.49. The second-order valence-corrected chi connectivity index (χ2v) is 22.8. The summed E-state index contributed by atoms with van der Waals surface area (Å²) in [5.74, 6) is 98.2. The molecule has 2 N–H and O–H groups in total. The molecule has 0 bridgehead atoms. The van der Waals surface area contributed by atoms with Gasteiger partial charge in [-0.2, -0.15) is 5.26 Å². The van der Waals surface area contributed by atoms with E-state index in [0.717, 1.165) is 32.0 Å². The van der Waals surface area contributed by atoms with Gasteiger partial charge in [0, 0.05) is 186 Å². The fourth-order valence-corrected chi connectivity index (χ4v) is 10.5. The van der Waals surface area contributed by atoms with Crippen LogP contribution in [0, 0.1) is 273 Å². The van der Waals surface area contributed by atoms with Gasteiger partial charge in [0.1, 0.15) is 73.3 Å². The van der Waals surface area contributed by atoms with Gasteiger partial charge in [-0.05, 0) is 153 Å². The number of hydrogen-bond donors (Lipinski definition) is 2. The Bertz CT molecular complexity index is 6220. The minimum Gasteiger partial charge on any atom is -0.489 e. The van der Waals surface area contributed by atoms with E-state index in [1.807, 2.05) is 18.2 Å². The van der Waals surface area contributed by atoms with E-state index in [4.69, 9.17) is 64.3 Å². The van der Waals surface area contributed by atoms with Crippen LogP contribution in [-0.2, 0) is 64.6 Å². The number of fused-ring (bicyclic) bond motifs is 1. The first-order valence-corrected chi connectivity index (χ1v) is 34.0. The average molecular weight is 1510 g/mol. The first-order valence-electron chi connectivity index (χ1n) is 32.5. The third-order valence-corrected chi connectivity index (χ3v) is 15.3. The molecule has 0 radical (unpaired) electrons. The van der Waals surface area contributed by atoms with Crippen molar-refractivity contribution in [3.8, 4) is 285 Å². The van der Waals surface area contributed by atoms with Crippen LogP contribution in [0.5, 0.6) is 17.2 Å². The molecule has 0 aliphatic carbocycles. The second kappa shape index (κ2) is 47.8. The minimum atomic E-state index is -4.78. The van der Waals surface area contributed by atoms with Gasteiger partial charge in [0.05, 0.1) is 44.6 Å². The Kier molecular flexibility index (Phi) is 35.4. The number of nitrogens with one attached hydrogen (secondary N) is 2. The zero-order valence-corrected chi connectivity index (χ0v) is 60.1. The lowest BCUT2D eigenvalue weighted by atomic mass is 10.1. The van der Waals surface area contributed by atoms with Crippen LogP contribution >= 0.6 is 7.82 Å². The standard InChI is InChI=1S/C89H48N5O18P/c1-5-8-10-12-14-16-18-20-22-24-26-28-30-32-34-36-38-40-42-44-58-103-75-62-71(63-76(65-75)104-59-45-43-41-39-37-35-33-31-29-27-25-23-21-19-17-15-13-11-9-6-2)68-105-74-50-49-72-61-70(47-48-73(72)64-74)67-106-83(97)51-52-84(98)110-78-66-82(93-56-53-80(95)91-88(93)99)109-79(78)69-108-113(101,107-60-46-55-90)112-85-77(7-3)111-87(86(85)102-4)94-57-54-81(96)92-89(94)100/h1-2,47-50,53-54,56-57,61-65,77-79,82,85-87H,7,46,51-52,60,66-69H2,3-4H3,(H,91,95,99)(H,92,96,100)/t77-,78?,79-,82-,85?,86+,87-,113?/m1/s1. The molecule has 24 heteroatoms. The van der Waals surface area contributed by atoms with Crippen LogP contribution < -0.4 is 36.7 Å². The number of H-pyrrole nitrogens is 2. The molecule has 4 heterocycles. The molecule has 542 valence electrons. The Morgan fingerprint density at radius 1 is 0.522 bits per heavy atom. The van der Waals surface area contributed by atoms with Gasteiger partial charge >= 0.3 is 31.1 Å². The van der Waals surface area contributed by atoms with Crippen molar-refractivity contribution >= 4 is 30.5 Å². The highest BCUT2D eigenvalue weighted by molar-refractivity contribution is 7.48. The number of carbonyl (C=O) groups is 2. The molecular formula is C89H48N5O18P. The highest BCUT2D eigenvalue weighted by atomic mass is 31.2. The summed E-state index contributed by atoms with van der Waals surface area (Å²) in [5, 5.41) is 10.9. The lowest BCUT2D eigenvalue weighted by Gasteiger charge is -2.28. The number of benzene rings is 3. The molecule has 0 amide bonds. The molecule has 2 saturated heterocycles. The largest absolute Gasteiger partial charge is 0.489 e. The number of hydrogen-bond acceptors (Lipinski definition) is 19. The number of terminal acetylenes is 2. The third-order valence-electron chi connectivity index (χ3n) is 13.8. The summed E-state index contributed by atoms with van der Waals surface area (Å²) in [4.78, 5) is 80.5. The van der Waals surface area contributed by atoms with Crippen molar-refractivity contribution in [2.24, 2.45) is 0 Å². The summed E-state index contributed by atoms with van der Waals surface area (Å²) in [5.41, 5.74) is -1.85. The summed E-state index contributed by atoms with van der Waals surface area (Å²) >= 11 is 0. The summed E-state index contributed by atoms with van der Waals surface area (Å²) < 4.78 is 80.9. The Balaban J connectivity index is 0.958. The van der Waals surface area contributed by atoms with Crippen LogP contribution in [0.15, 0.2) is 98.3 Å². The zero-order valence-electron chi connectivity index (χ0n) is 59.2. The van der Waals surface area contributed by atoms with E-state index in [9.17, 15) is 38.6 Å². The molecule has 7 rings (SSSR count). The SMILES string of the molecule is C#CC#CC#CC#CC#CC#CC#CC#CC#CC#CC#COc1cc(COc2ccc3cc(COC(=O)CCC(=O)OC4C[C@H](n5ccc(=O)[nH]c5=O)O[C@@H]4COP(=O)(OCCC#N)OC4[C@@H](CC)O[C@@H](n5ccc(=O)[nH]c5=O)[C@H]4OC)ccc3c2)cc(OC#CC#CC#CC#CC#CC#CC#CC#CC#CC#CC#C)c1. The molecule has 2 aliphatic heterocycles. The summed E-state index contributed by atoms with van der Waals surface area (Å²) in [6, 6.07) is 19.6. The topological polar surface area (TPSA) is 286 Å². The number of rotatable bonds is 23. The number of methoxy groups -OCH3 is 1. The average Bonchev–Trinajstić information content (AvgIpc) is 1.62. The molecule has 8 atom stereocenters. The fourth-order valence-electron chi connectivity index (χ4n) is 9.15. The van der Waals surface area contributed by atoms with E-state index in [-0.39, 0.29) is 44.0 Å². The van der Waals surface area contributed by atoms with Gasteiger partial charge in [0.15, 0.2) is 6.23 Å². The highest BCUT2D eigenvalue weighted by Crippen LogP contribution is 2.54. The maximum absolute atomic E-state index is 14.6. The number of phosphoric acid groups is 1. The van der Waals surface area contributed by atoms with Crippen LogP contribution in [0.25, 0.3) is 10.8 Å².